The summed E-state index contributed by atoms with van der Waals surface area (Å²) >= 11 is 1.08. The molecule has 1 aromatic heterocycles. The van der Waals surface area contributed by atoms with Crippen LogP contribution in [0.15, 0.2) is 11.4 Å². The first-order valence-electron chi connectivity index (χ1n) is 6.75. The fraction of sp³-hybridized carbons (Fsp3) is 0.615. The van der Waals surface area contributed by atoms with Gasteiger partial charge in [0, 0.05) is 13.1 Å². The summed E-state index contributed by atoms with van der Waals surface area (Å²) in [6.07, 6.45) is 3.45. The van der Waals surface area contributed by atoms with Crippen LogP contribution in [-0.2, 0) is 15.8 Å². The van der Waals surface area contributed by atoms with Crippen LogP contribution in [0, 0.1) is 11.8 Å². The van der Waals surface area contributed by atoms with Crippen LogP contribution in [0.5, 0.6) is 0 Å². The lowest BCUT2D eigenvalue weighted by Gasteiger charge is -2.17. The molecule has 3 rings (SSSR count). The van der Waals surface area contributed by atoms with Gasteiger partial charge in [0.05, 0.1) is 5.75 Å². The van der Waals surface area contributed by atoms with Gasteiger partial charge in [0.25, 0.3) is 0 Å². The highest BCUT2D eigenvalue weighted by molar-refractivity contribution is 7.88. The molecular formula is C13H17NO4S2. The molecule has 0 spiro atoms. The average Bonchev–Trinajstić information content (AvgIpc) is 3.00. The van der Waals surface area contributed by atoms with Gasteiger partial charge >= 0.3 is 5.97 Å². The highest BCUT2D eigenvalue weighted by Gasteiger charge is 2.41. The van der Waals surface area contributed by atoms with Crippen molar-refractivity contribution in [3.63, 3.8) is 0 Å². The smallest absolute Gasteiger partial charge is 0.346 e. The van der Waals surface area contributed by atoms with Crippen molar-refractivity contribution < 1.29 is 18.3 Å². The van der Waals surface area contributed by atoms with E-state index in [-0.39, 0.29) is 10.6 Å². The summed E-state index contributed by atoms with van der Waals surface area (Å²) in [5.74, 6) is -0.238. The molecule has 2 heterocycles. The maximum absolute atomic E-state index is 12.4. The molecule has 20 heavy (non-hydrogen) atoms. The van der Waals surface area contributed by atoms with Gasteiger partial charge in [0.2, 0.25) is 10.0 Å². The van der Waals surface area contributed by atoms with E-state index in [0.29, 0.717) is 30.5 Å². The van der Waals surface area contributed by atoms with Gasteiger partial charge in [-0.15, -0.1) is 11.3 Å². The molecule has 0 bridgehead atoms. The minimum absolute atomic E-state index is 0.132. The van der Waals surface area contributed by atoms with Gasteiger partial charge in [0.15, 0.2) is 0 Å². The zero-order valence-corrected chi connectivity index (χ0v) is 12.6. The quantitative estimate of drug-likeness (QED) is 0.922. The van der Waals surface area contributed by atoms with Crippen molar-refractivity contribution in [1.29, 1.82) is 0 Å². The molecule has 1 saturated heterocycles. The maximum Gasteiger partial charge on any atom is 0.346 e. The number of sulfonamides is 1. The van der Waals surface area contributed by atoms with Crippen LogP contribution in [0.4, 0.5) is 0 Å². The maximum atomic E-state index is 12.4. The van der Waals surface area contributed by atoms with Crippen LogP contribution in [0.1, 0.15) is 34.5 Å². The highest BCUT2D eigenvalue weighted by Crippen LogP contribution is 2.39. The topological polar surface area (TPSA) is 74.7 Å². The van der Waals surface area contributed by atoms with Crippen LogP contribution in [0.2, 0.25) is 0 Å². The van der Waals surface area contributed by atoms with Crippen molar-refractivity contribution in [3.8, 4) is 0 Å². The number of thiophene rings is 1. The molecule has 1 aliphatic heterocycles. The Balaban J connectivity index is 1.76. The molecule has 0 radical (unpaired) electrons. The van der Waals surface area contributed by atoms with Crippen molar-refractivity contribution >= 4 is 27.3 Å². The van der Waals surface area contributed by atoms with Crippen LogP contribution in [0.25, 0.3) is 0 Å². The van der Waals surface area contributed by atoms with Crippen molar-refractivity contribution in [3.05, 3.63) is 21.9 Å². The summed E-state index contributed by atoms with van der Waals surface area (Å²) < 4.78 is 26.4. The van der Waals surface area contributed by atoms with Crippen LogP contribution >= 0.6 is 11.3 Å². The second-order valence-corrected chi connectivity index (χ2v) is 8.49. The van der Waals surface area contributed by atoms with Gasteiger partial charge in [0.1, 0.15) is 4.88 Å². The third-order valence-electron chi connectivity index (χ3n) is 4.37. The van der Waals surface area contributed by atoms with Gasteiger partial charge in [-0.25, -0.2) is 17.5 Å². The summed E-state index contributed by atoms with van der Waals surface area (Å²) in [5.41, 5.74) is 0.402. The molecule has 0 amide bonds. The lowest BCUT2D eigenvalue weighted by atomic mass is 10.0. The largest absolute Gasteiger partial charge is 0.477 e. The first-order valence-corrected chi connectivity index (χ1v) is 9.24. The predicted octanol–water partition coefficient (Wildman–Crippen LogP) is 2.01. The zero-order chi connectivity index (χ0) is 14.3. The standard InChI is InChI=1S/C13H17NO4S2/c15-13(16)12-11(4-5-19-12)8-20(17,18)14-6-9-2-1-3-10(9)7-14/h4-5,9-10H,1-3,6-8H2,(H,15,16)/t9-,10+. The van der Waals surface area contributed by atoms with Gasteiger partial charge in [-0.05, 0) is 41.7 Å². The number of carboxylic acid groups (broad SMARTS) is 1. The van der Waals surface area contributed by atoms with Crippen molar-refractivity contribution in [2.75, 3.05) is 13.1 Å². The summed E-state index contributed by atoms with van der Waals surface area (Å²) in [4.78, 5) is 11.2. The van der Waals surface area contributed by atoms with E-state index < -0.39 is 16.0 Å². The van der Waals surface area contributed by atoms with E-state index in [2.05, 4.69) is 0 Å². The average molecular weight is 315 g/mol. The number of nitrogens with zero attached hydrogens (tertiary/aromatic N) is 1. The van der Waals surface area contributed by atoms with Crippen LogP contribution in [-0.4, -0.2) is 36.9 Å². The number of fused-ring (bicyclic) bond motifs is 1. The molecule has 1 aromatic rings. The first-order chi connectivity index (χ1) is 9.47. The lowest BCUT2D eigenvalue weighted by molar-refractivity contribution is 0.0701. The number of hydrogen-bond acceptors (Lipinski definition) is 4. The third-order valence-corrected chi connectivity index (χ3v) is 7.07. The van der Waals surface area contributed by atoms with Crippen LogP contribution in [0.3, 0.4) is 0 Å². The summed E-state index contributed by atoms with van der Waals surface area (Å²) in [6.45, 7) is 1.22. The monoisotopic (exact) mass is 315 g/mol. The van der Waals surface area contributed by atoms with E-state index in [1.165, 1.54) is 6.42 Å². The minimum atomic E-state index is -3.40. The molecule has 2 fully saturated rings. The van der Waals surface area contributed by atoms with Gasteiger partial charge < -0.3 is 5.11 Å². The molecule has 0 unspecified atom stereocenters. The molecule has 0 aromatic carbocycles. The summed E-state index contributed by atoms with van der Waals surface area (Å²) in [6, 6.07) is 1.60. The van der Waals surface area contributed by atoms with Gasteiger partial charge in [-0.2, -0.15) is 0 Å². The van der Waals surface area contributed by atoms with E-state index in [1.807, 2.05) is 0 Å². The molecule has 7 heteroatoms. The fourth-order valence-corrected chi connectivity index (χ4v) is 5.85. The molecule has 1 N–H and O–H groups in total. The molecule has 1 aliphatic carbocycles. The van der Waals surface area contributed by atoms with Crippen molar-refractivity contribution in [2.24, 2.45) is 11.8 Å². The SMILES string of the molecule is O=C(O)c1sccc1CS(=O)(=O)N1C[C@H]2CCC[C@H]2C1. The van der Waals surface area contributed by atoms with Crippen LogP contribution < -0.4 is 0 Å². The minimum Gasteiger partial charge on any atom is -0.477 e. The van der Waals surface area contributed by atoms with Gasteiger partial charge in [-0.3, -0.25) is 0 Å². The second-order valence-electron chi connectivity index (χ2n) is 5.60. The Bertz CT molecular complexity index is 610. The second kappa shape index (κ2) is 5.13. The van der Waals surface area contributed by atoms with E-state index >= 15 is 0 Å². The Labute approximate surface area is 122 Å². The Morgan fingerprint density at radius 1 is 1.35 bits per heavy atom. The van der Waals surface area contributed by atoms with E-state index in [4.69, 9.17) is 5.11 Å². The predicted molar refractivity (Wildman–Crippen MR) is 76.3 cm³/mol. The number of carbonyl (C=O) groups is 1. The van der Waals surface area contributed by atoms with E-state index in [0.717, 1.165) is 24.2 Å². The van der Waals surface area contributed by atoms with Crippen molar-refractivity contribution in [2.45, 2.75) is 25.0 Å². The zero-order valence-electron chi connectivity index (χ0n) is 11.0. The Morgan fingerprint density at radius 3 is 2.60 bits per heavy atom. The lowest BCUT2D eigenvalue weighted by Crippen LogP contribution is -2.31. The summed E-state index contributed by atoms with van der Waals surface area (Å²) in [5, 5.41) is 10.7. The summed E-state index contributed by atoms with van der Waals surface area (Å²) in [7, 11) is -3.40. The number of hydrogen-bond donors (Lipinski definition) is 1. The van der Waals surface area contributed by atoms with E-state index in [1.54, 1.807) is 15.8 Å². The van der Waals surface area contributed by atoms with E-state index in [9.17, 15) is 13.2 Å². The molecule has 110 valence electrons. The molecular weight excluding hydrogens is 298 g/mol. The molecule has 2 aliphatic rings. The fourth-order valence-electron chi connectivity index (χ4n) is 3.34. The normalized spacial score (nSPS) is 26.8. The third kappa shape index (κ3) is 2.49. The Kier molecular flexibility index (Phi) is 3.60. The van der Waals surface area contributed by atoms with Crippen molar-refractivity contribution in [1.82, 2.24) is 4.31 Å². The number of carboxylic acids is 1. The number of aromatic carboxylic acids is 1. The first kappa shape index (κ1) is 14.0. The molecule has 1 saturated carbocycles. The molecule has 2 atom stereocenters. The Morgan fingerprint density at radius 2 is 2.00 bits per heavy atom. The highest BCUT2D eigenvalue weighted by atomic mass is 32.2. The van der Waals surface area contributed by atoms with Gasteiger partial charge in [-0.1, -0.05) is 6.42 Å². The molecule has 5 nitrogen and oxygen atoms in total. The number of rotatable bonds is 4. The Hall–Kier alpha value is -0.920.